The van der Waals surface area contributed by atoms with Crippen molar-refractivity contribution in [2.45, 2.75) is 18.8 Å². The van der Waals surface area contributed by atoms with Gasteiger partial charge < -0.3 is 5.21 Å². The highest BCUT2D eigenvalue weighted by molar-refractivity contribution is 6.06. The molecule has 1 atom stereocenters. The van der Waals surface area contributed by atoms with Crippen molar-refractivity contribution in [1.82, 2.24) is 4.98 Å². The highest BCUT2D eigenvalue weighted by Gasteiger charge is 2.27. The summed E-state index contributed by atoms with van der Waals surface area (Å²) in [6.07, 6.45) is 5.58. The van der Waals surface area contributed by atoms with Crippen molar-refractivity contribution in [3.63, 3.8) is 0 Å². The molecule has 2 aromatic rings. The summed E-state index contributed by atoms with van der Waals surface area (Å²) in [5.74, 6) is 0.138. The second kappa shape index (κ2) is 4.61. The van der Waals surface area contributed by atoms with Gasteiger partial charge in [-0.1, -0.05) is 35.5 Å². The molecule has 0 spiro atoms. The van der Waals surface area contributed by atoms with Crippen molar-refractivity contribution in [2.24, 2.45) is 5.16 Å². The van der Waals surface area contributed by atoms with Gasteiger partial charge in [0.25, 0.3) is 0 Å². The molecule has 18 heavy (non-hydrogen) atoms. The summed E-state index contributed by atoms with van der Waals surface area (Å²) in [5.41, 5.74) is 4.18. The van der Waals surface area contributed by atoms with Gasteiger partial charge in [0.15, 0.2) is 0 Å². The van der Waals surface area contributed by atoms with Gasteiger partial charge >= 0.3 is 0 Å². The number of aryl methyl sites for hydroxylation is 1. The summed E-state index contributed by atoms with van der Waals surface area (Å²) in [7, 11) is 0. The van der Waals surface area contributed by atoms with Crippen LogP contribution in [-0.4, -0.2) is 15.9 Å². The van der Waals surface area contributed by atoms with Crippen molar-refractivity contribution < 1.29 is 5.21 Å². The van der Waals surface area contributed by atoms with Crippen LogP contribution in [0.4, 0.5) is 0 Å². The lowest BCUT2D eigenvalue weighted by Gasteiger charge is -2.25. The lowest BCUT2D eigenvalue weighted by molar-refractivity contribution is 0.316. The first-order valence-electron chi connectivity index (χ1n) is 6.10. The van der Waals surface area contributed by atoms with Gasteiger partial charge in [-0.15, -0.1) is 0 Å². The maximum atomic E-state index is 9.34. The van der Waals surface area contributed by atoms with Crippen LogP contribution in [0, 0.1) is 0 Å². The molecular formula is C15H14N2O. The first kappa shape index (κ1) is 11.0. The molecule has 1 aromatic carbocycles. The minimum atomic E-state index is 0.138. The second-order valence-corrected chi connectivity index (χ2v) is 4.52. The summed E-state index contributed by atoms with van der Waals surface area (Å²) in [5, 5.41) is 12.9. The smallest absolute Gasteiger partial charge is 0.0945 e. The molecule has 0 radical (unpaired) electrons. The van der Waals surface area contributed by atoms with E-state index in [1.165, 1.54) is 5.56 Å². The topological polar surface area (TPSA) is 45.5 Å². The van der Waals surface area contributed by atoms with Gasteiger partial charge in [-0.05, 0) is 30.0 Å². The molecular weight excluding hydrogens is 224 g/mol. The third-order valence-corrected chi connectivity index (χ3v) is 3.52. The lowest BCUT2D eigenvalue weighted by Crippen LogP contribution is -2.22. The maximum absolute atomic E-state index is 9.34. The van der Waals surface area contributed by atoms with E-state index in [0.717, 1.165) is 29.7 Å². The van der Waals surface area contributed by atoms with E-state index in [1.807, 2.05) is 36.5 Å². The van der Waals surface area contributed by atoms with Crippen LogP contribution < -0.4 is 0 Å². The summed E-state index contributed by atoms with van der Waals surface area (Å²) >= 11 is 0. The highest BCUT2D eigenvalue weighted by Crippen LogP contribution is 2.32. The van der Waals surface area contributed by atoms with E-state index in [-0.39, 0.29) is 5.92 Å². The molecule has 0 aliphatic heterocycles. The molecule has 0 bridgehead atoms. The van der Waals surface area contributed by atoms with E-state index >= 15 is 0 Å². The third-order valence-electron chi connectivity index (χ3n) is 3.52. The van der Waals surface area contributed by atoms with E-state index in [9.17, 15) is 5.21 Å². The Hall–Kier alpha value is -2.16. The van der Waals surface area contributed by atoms with Crippen LogP contribution >= 0.6 is 0 Å². The van der Waals surface area contributed by atoms with Crippen molar-refractivity contribution in [2.75, 3.05) is 0 Å². The Morgan fingerprint density at radius 2 is 2.06 bits per heavy atom. The molecule has 3 heteroatoms. The van der Waals surface area contributed by atoms with Gasteiger partial charge in [-0.3, -0.25) is 4.98 Å². The molecule has 1 aliphatic rings. The van der Waals surface area contributed by atoms with E-state index in [1.54, 1.807) is 6.20 Å². The Labute approximate surface area is 106 Å². The van der Waals surface area contributed by atoms with Crippen LogP contribution in [0.15, 0.2) is 53.9 Å². The minimum Gasteiger partial charge on any atom is -0.411 e. The molecule has 1 aliphatic carbocycles. The van der Waals surface area contributed by atoms with E-state index < -0.39 is 0 Å². The quantitative estimate of drug-likeness (QED) is 0.613. The highest BCUT2D eigenvalue weighted by atomic mass is 16.4. The number of rotatable bonds is 1. The Bertz CT molecular complexity index is 578. The summed E-state index contributed by atoms with van der Waals surface area (Å²) in [6.45, 7) is 0. The zero-order valence-corrected chi connectivity index (χ0v) is 9.95. The first-order valence-corrected chi connectivity index (χ1v) is 6.10. The molecule has 90 valence electrons. The van der Waals surface area contributed by atoms with Crippen LogP contribution in [0.3, 0.4) is 0 Å². The van der Waals surface area contributed by atoms with Gasteiger partial charge in [-0.25, -0.2) is 0 Å². The summed E-state index contributed by atoms with van der Waals surface area (Å²) in [4.78, 5) is 4.15. The van der Waals surface area contributed by atoms with Crippen molar-refractivity contribution >= 4 is 5.71 Å². The molecule has 0 unspecified atom stereocenters. The minimum absolute atomic E-state index is 0.138. The third kappa shape index (κ3) is 1.78. The molecule has 3 nitrogen and oxygen atoms in total. The average Bonchev–Trinajstić information content (AvgIpc) is 2.47. The molecule has 1 heterocycles. The number of fused-ring (bicyclic) bond motifs is 1. The predicted molar refractivity (Wildman–Crippen MR) is 70.1 cm³/mol. The SMILES string of the molecule is O/N=C1/c2ccccc2CC[C@@H]1c1cccnc1. The number of aromatic nitrogens is 1. The number of pyridine rings is 1. The standard InChI is InChI=1S/C15H14N2O/c18-17-15-13-6-2-1-4-11(13)7-8-14(15)12-5-3-9-16-10-12/h1-6,9-10,14,18H,7-8H2/b17-15-/t14-/m1/s1. The molecule has 0 fully saturated rings. The van der Waals surface area contributed by atoms with E-state index in [0.29, 0.717) is 0 Å². The maximum Gasteiger partial charge on any atom is 0.0945 e. The fraction of sp³-hybridized carbons (Fsp3) is 0.200. The van der Waals surface area contributed by atoms with Crippen LogP contribution in [0.5, 0.6) is 0 Å². The Kier molecular flexibility index (Phi) is 2.81. The number of hydrogen-bond acceptors (Lipinski definition) is 3. The first-order chi connectivity index (χ1) is 8.90. The molecule has 1 N–H and O–H groups in total. The van der Waals surface area contributed by atoms with Crippen molar-refractivity contribution in [1.29, 1.82) is 0 Å². The number of hydrogen-bond donors (Lipinski definition) is 1. The summed E-state index contributed by atoms with van der Waals surface area (Å²) in [6, 6.07) is 12.1. The molecule has 0 amide bonds. The zero-order chi connectivity index (χ0) is 12.4. The van der Waals surface area contributed by atoms with Gasteiger partial charge in [-0.2, -0.15) is 0 Å². The molecule has 0 saturated heterocycles. The summed E-state index contributed by atoms with van der Waals surface area (Å²) < 4.78 is 0. The Morgan fingerprint density at radius 3 is 2.83 bits per heavy atom. The Morgan fingerprint density at radius 1 is 1.17 bits per heavy atom. The van der Waals surface area contributed by atoms with Gasteiger partial charge in [0, 0.05) is 23.9 Å². The average molecular weight is 238 g/mol. The van der Waals surface area contributed by atoms with Crippen LogP contribution in [0.1, 0.15) is 29.0 Å². The largest absolute Gasteiger partial charge is 0.411 e. The molecule has 3 rings (SSSR count). The van der Waals surface area contributed by atoms with E-state index in [2.05, 4.69) is 16.2 Å². The van der Waals surface area contributed by atoms with E-state index in [4.69, 9.17) is 0 Å². The second-order valence-electron chi connectivity index (χ2n) is 4.52. The van der Waals surface area contributed by atoms with Gasteiger partial charge in [0.05, 0.1) is 5.71 Å². The predicted octanol–water partition coefficient (Wildman–Crippen LogP) is 2.99. The molecule has 0 saturated carbocycles. The van der Waals surface area contributed by atoms with Gasteiger partial charge in [0.1, 0.15) is 0 Å². The normalized spacial score (nSPS) is 20.7. The fourth-order valence-electron chi connectivity index (χ4n) is 2.64. The Balaban J connectivity index is 2.06. The van der Waals surface area contributed by atoms with Crippen LogP contribution in [0.25, 0.3) is 0 Å². The lowest BCUT2D eigenvalue weighted by atomic mass is 9.79. The monoisotopic (exact) mass is 238 g/mol. The van der Waals surface area contributed by atoms with Crippen LogP contribution in [-0.2, 0) is 6.42 Å². The molecule has 1 aromatic heterocycles. The fourth-order valence-corrected chi connectivity index (χ4v) is 2.64. The van der Waals surface area contributed by atoms with Gasteiger partial charge in [0.2, 0.25) is 0 Å². The van der Waals surface area contributed by atoms with Crippen molar-refractivity contribution in [3.8, 4) is 0 Å². The number of nitrogens with zero attached hydrogens (tertiary/aromatic N) is 2. The van der Waals surface area contributed by atoms with Crippen LogP contribution in [0.2, 0.25) is 0 Å². The zero-order valence-electron chi connectivity index (χ0n) is 9.95. The number of benzene rings is 1. The van der Waals surface area contributed by atoms with Crippen molar-refractivity contribution in [3.05, 3.63) is 65.5 Å². The number of oxime groups is 1.